The average molecular weight is 388 g/mol. The van der Waals surface area contributed by atoms with E-state index in [-0.39, 0.29) is 0 Å². The molecule has 0 saturated carbocycles. The van der Waals surface area contributed by atoms with Crippen molar-refractivity contribution in [2.24, 2.45) is 0 Å². The second kappa shape index (κ2) is 12.6. The summed E-state index contributed by atoms with van der Waals surface area (Å²) in [4.78, 5) is 0. The summed E-state index contributed by atoms with van der Waals surface area (Å²) < 4.78 is 30.9. The van der Waals surface area contributed by atoms with E-state index in [1.165, 1.54) is 0 Å². The minimum Gasteiger partial charge on any atom is -0.323 e. The molecule has 0 spiro atoms. The third kappa shape index (κ3) is 7.88. The molecule has 0 amide bonds. The molecule has 0 N–H and O–H groups in total. The second-order valence-corrected chi connectivity index (χ2v) is 13.5. The molecular weight excluding hydrogens is 358 g/mol. The first-order valence-electron chi connectivity index (χ1n) is 8.27. The van der Waals surface area contributed by atoms with E-state index in [4.69, 9.17) is 13.6 Å². The number of rotatable bonds is 13. The maximum atomic E-state index is 13.3. The van der Waals surface area contributed by atoms with Crippen molar-refractivity contribution < 1.29 is 18.1 Å². The molecule has 1 aliphatic rings. The summed E-state index contributed by atoms with van der Waals surface area (Å²) in [7, 11) is -3.19. The molecule has 1 atom stereocenters. The van der Waals surface area contributed by atoms with Crippen molar-refractivity contribution in [2.45, 2.75) is 65.1 Å². The van der Waals surface area contributed by atoms with Crippen LogP contribution in [-0.4, -0.2) is 30.6 Å². The maximum Gasteiger partial charge on any atom is 0.359 e. The summed E-state index contributed by atoms with van der Waals surface area (Å²) in [6, 6.07) is 0. The zero-order valence-corrected chi connectivity index (χ0v) is 17.4. The van der Waals surface area contributed by atoms with Crippen molar-refractivity contribution in [1.29, 1.82) is 0 Å². The predicted octanol–water partition coefficient (Wildman–Crippen LogP) is 6.66. The highest BCUT2D eigenvalue weighted by atomic mass is 33.1. The highest BCUT2D eigenvalue weighted by Crippen LogP contribution is 2.70. The van der Waals surface area contributed by atoms with Gasteiger partial charge in [0.15, 0.2) is 12.4 Å². The summed E-state index contributed by atoms with van der Waals surface area (Å²) in [5.41, 5.74) is 0. The Bertz CT molecular complexity index is 314. The summed E-state index contributed by atoms with van der Waals surface area (Å²) in [5.74, 6) is 1.83. The van der Waals surface area contributed by atoms with Crippen LogP contribution in [0.1, 0.15) is 59.3 Å². The molecule has 8 heteroatoms. The largest absolute Gasteiger partial charge is 0.359 e. The van der Waals surface area contributed by atoms with Crippen molar-refractivity contribution >= 4 is 36.9 Å². The van der Waals surface area contributed by atoms with Gasteiger partial charge in [-0.15, -0.1) is 0 Å². The molecule has 132 valence electrons. The molecule has 1 heterocycles. The smallest absolute Gasteiger partial charge is 0.323 e. The SMILES string of the molecule is CCCCOP(=O)(OCCCC)C(CCC)OP1SCCS1. The van der Waals surface area contributed by atoms with Gasteiger partial charge in [-0.1, -0.05) is 62.8 Å². The zero-order chi connectivity index (χ0) is 16.3. The zero-order valence-electron chi connectivity index (χ0n) is 14.0. The predicted molar refractivity (Wildman–Crippen MR) is 101 cm³/mol. The first-order chi connectivity index (χ1) is 10.7. The van der Waals surface area contributed by atoms with Gasteiger partial charge in [-0.25, -0.2) is 0 Å². The van der Waals surface area contributed by atoms with Crippen molar-refractivity contribution in [1.82, 2.24) is 0 Å². The van der Waals surface area contributed by atoms with Gasteiger partial charge in [0, 0.05) is 11.5 Å². The maximum absolute atomic E-state index is 13.3. The lowest BCUT2D eigenvalue weighted by Gasteiger charge is -2.28. The first kappa shape index (κ1) is 21.3. The molecular formula is C14H30O4P2S2. The van der Waals surface area contributed by atoms with Crippen LogP contribution in [0, 0.1) is 0 Å². The molecule has 1 fully saturated rings. The summed E-state index contributed by atoms with van der Waals surface area (Å²) >= 11 is 3.69. The molecule has 0 radical (unpaired) electrons. The van der Waals surface area contributed by atoms with Crippen LogP contribution in [0.4, 0.5) is 0 Å². The van der Waals surface area contributed by atoms with Gasteiger partial charge < -0.3 is 13.6 Å². The lowest BCUT2D eigenvalue weighted by atomic mass is 10.4. The molecule has 0 aromatic carbocycles. The van der Waals surface area contributed by atoms with Gasteiger partial charge in [-0.05, 0) is 19.3 Å². The van der Waals surface area contributed by atoms with Gasteiger partial charge in [0.05, 0.1) is 13.2 Å². The molecule has 1 aliphatic heterocycles. The Balaban J connectivity index is 2.68. The van der Waals surface area contributed by atoms with E-state index in [0.717, 1.165) is 50.0 Å². The van der Waals surface area contributed by atoms with Crippen molar-refractivity contribution in [3.05, 3.63) is 0 Å². The fraction of sp³-hybridized carbons (Fsp3) is 1.00. The van der Waals surface area contributed by atoms with E-state index in [0.29, 0.717) is 13.2 Å². The fourth-order valence-corrected chi connectivity index (χ4v) is 11.5. The Morgan fingerprint density at radius 1 is 1.00 bits per heavy atom. The Hall–Kier alpha value is 1.24. The molecule has 1 rings (SSSR count). The van der Waals surface area contributed by atoms with Crippen LogP contribution in [0.25, 0.3) is 0 Å². The van der Waals surface area contributed by atoms with E-state index in [1.54, 1.807) is 0 Å². The van der Waals surface area contributed by atoms with E-state index >= 15 is 0 Å². The van der Waals surface area contributed by atoms with Crippen LogP contribution in [0.5, 0.6) is 0 Å². The van der Waals surface area contributed by atoms with Gasteiger partial charge in [0.1, 0.15) is 0 Å². The molecule has 0 aliphatic carbocycles. The molecule has 0 bridgehead atoms. The van der Waals surface area contributed by atoms with Gasteiger partial charge in [-0.2, -0.15) is 0 Å². The Labute approximate surface area is 145 Å². The van der Waals surface area contributed by atoms with Gasteiger partial charge >= 0.3 is 7.60 Å². The highest BCUT2D eigenvalue weighted by Gasteiger charge is 2.39. The van der Waals surface area contributed by atoms with Gasteiger partial charge in [0.25, 0.3) is 0 Å². The second-order valence-electron chi connectivity index (χ2n) is 5.15. The Morgan fingerprint density at radius 2 is 1.55 bits per heavy atom. The monoisotopic (exact) mass is 388 g/mol. The topological polar surface area (TPSA) is 44.8 Å². The van der Waals surface area contributed by atoms with Crippen molar-refractivity contribution in [3.63, 3.8) is 0 Å². The summed E-state index contributed by atoms with van der Waals surface area (Å²) in [5, 5.41) is 0. The van der Waals surface area contributed by atoms with E-state index in [9.17, 15) is 4.57 Å². The third-order valence-electron chi connectivity index (χ3n) is 3.11. The summed E-state index contributed by atoms with van der Waals surface area (Å²) in [6.45, 7) is 6.66. The lowest BCUT2D eigenvalue weighted by molar-refractivity contribution is 0.154. The molecule has 1 unspecified atom stereocenters. The van der Waals surface area contributed by atoms with E-state index in [2.05, 4.69) is 20.8 Å². The molecule has 0 aromatic heterocycles. The third-order valence-corrected chi connectivity index (χ3v) is 12.1. The minimum atomic E-state index is -3.19. The number of unbranched alkanes of at least 4 members (excludes halogenated alkanes) is 2. The van der Waals surface area contributed by atoms with Crippen LogP contribution in [0.3, 0.4) is 0 Å². The minimum absolute atomic E-state index is 0.407. The van der Waals surface area contributed by atoms with Crippen LogP contribution < -0.4 is 0 Å². The molecule has 1 saturated heterocycles. The highest BCUT2D eigenvalue weighted by molar-refractivity contribution is 8.88. The van der Waals surface area contributed by atoms with Crippen LogP contribution in [-0.2, 0) is 18.1 Å². The van der Waals surface area contributed by atoms with E-state index < -0.39 is 20.0 Å². The fourth-order valence-electron chi connectivity index (χ4n) is 1.81. The Kier molecular flexibility index (Phi) is 12.2. The first-order valence-corrected chi connectivity index (χ1v) is 14.3. The number of hydrogen-bond donors (Lipinski definition) is 0. The Morgan fingerprint density at radius 3 is 2.00 bits per heavy atom. The van der Waals surface area contributed by atoms with Gasteiger partial charge in [0.2, 0.25) is 0 Å². The molecule has 4 nitrogen and oxygen atoms in total. The normalized spacial score (nSPS) is 18.0. The lowest BCUT2D eigenvalue weighted by Crippen LogP contribution is -2.15. The molecule has 22 heavy (non-hydrogen) atoms. The van der Waals surface area contributed by atoms with E-state index in [1.807, 2.05) is 22.8 Å². The average Bonchev–Trinajstić information content (AvgIpc) is 3.00. The van der Waals surface area contributed by atoms with Crippen molar-refractivity contribution in [3.8, 4) is 0 Å². The number of hydrogen-bond acceptors (Lipinski definition) is 6. The van der Waals surface area contributed by atoms with Crippen molar-refractivity contribution in [2.75, 3.05) is 24.7 Å². The van der Waals surface area contributed by atoms with Crippen LogP contribution >= 0.6 is 36.9 Å². The van der Waals surface area contributed by atoms with Crippen LogP contribution in [0.15, 0.2) is 0 Å². The summed E-state index contributed by atoms with van der Waals surface area (Å²) in [6.07, 6.45) is 5.49. The standard InChI is InChI=1S/C14H30O4P2S2/c1-4-7-10-16-20(15,17-11-8-5-2)14(9-6-3)18-19-21-12-13-22-19/h14H,4-13H2,1-3H3. The van der Waals surface area contributed by atoms with Crippen LogP contribution in [0.2, 0.25) is 0 Å². The van der Waals surface area contributed by atoms with Gasteiger partial charge in [-0.3, -0.25) is 4.57 Å². The molecule has 0 aromatic rings. The quantitative estimate of drug-likeness (QED) is 0.260.